The van der Waals surface area contributed by atoms with Crippen molar-refractivity contribution in [2.24, 2.45) is 0 Å². The number of para-hydroxylation sites is 3. The molecule has 0 radical (unpaired) electrons. The van der Waals surface area contributed by atoms with Crippen LogP contribution in [0.5, 0.6) is 11.5 Å². The lowest BCUT2D eigenvalue weighted by molar-refractivity contribution is 0.102. The molecule has 4 rings (SSSR count). The quantitative estimate of drug-likeness (QED) is 0.731. The van der Waals surface area contributed by atoms with Gasteiger partial charge in [0.25, 0.3) is 5.91 Å². The largest absolute Gasteiger partial charge is 0.455 e. The number of ether oxygens (including phenoxy) is 2. The van der Waals surface area contributed by atoms with Crippen molar-refractivity contribution in [2.75, 3.05) is 36.5 Å². The van der Waals surface area contributed by atoms with Gasteiger partial charge in [0.05, 0.1) is 36.3 Å². The number of hydrogen-bond acceptors (Lipinski definition) is 5. The highest BCUT2D eigenvalue weighted by molar-refractivity contribution is 6.05. The van der Waals surface area contributed by atoms with Crippen LogP contribution in [-0.4, -0.2) is 37.2 Å². The van der Waals surface area contributed by atoms with E-state index in [1.807, 2.05) is 60.7 Å². The second kappa shape index (κ2) is 8.54. The summed E-state index contributed by atoms with van der Waals surface area (Å²) in [5, 5.41) is 2.93. The van der Waals surface area contributed by atoms with E-state index in [2.05, 4.69) is 15.2 Å². The van der Waals surface area contributed by atoms with Gasteiger partial charge >= 0.3 is 0 Å². The summed E-state index contributed by atoms with van der Waals surface area (Å²) in [5.74, 6) is 1.06. The summed E-state index contributed by atoms with van der Waals surface area (Å²) in [6.45, 7) is 2.95. The van der Waals surface area contributed by atoms with Gasteiger partial charge in [-0.3, -0.25) is 9.78 Å². The van der Waals surface area contributed by atoms with Crippen LogP contribution in [0.15, 0.2) is 73.1 Å². The number of carbonyl (C=O) groups is 1. The number of morpholine rings is 1. The second-order valence-corrected chi connectivity index (χ2v) is 6.40. The van der Waals surface area contributed by atoms with Crippen molar-refractivity contribution >= 4 is 17.3 Å². The Kier molecular flexibility index (Phi) is 5.49. The maximum atomic E-state index is 12.8. The first-order valence-electron chi connectivity index (χ1n) is 9.20. The predicted molar refractivity (Wildman–Crippen MR) is 108 cm³/mol. The maximum Gasteiger partial charge on any atom is 0.257 e. The van der Waals surface area contributed by atoms with Gasteiger partial charge in [0.15, 0.2) is 5.75 Å². The number of rotatable bonds is 5. The van der Waals surface area contributed by atoms with Gasteiger partial charge in [0.1, 0.15) is 5.75 Å². The normalized spacial score (nSPS) is 13.8. The molecule has 2 heterocycles. The molecule has 1 amide bonds. The van der Waals surface area contributed by atoms with Gasteiger partial charge in [-0.05, 0) is 30.3 Å². The van der Waals surface area contributed by atoms with Crippen molar-refractivity contribution < 1.29 is 14.3 Å². The van der Waals surface area contributed by atoms with Gasteiger partial charge in [-0.15, -0.1) is 0 Å². The summed E-state index contributed by atoms with van der Waals surface area (Å²) in [6.07, 6.45) is 3.34. The zero-order chi connectivity index (χ0) is 19.2. The number of pyridine rings is 1. The molecule has 6 heteroatoms. The summed E-state index contributed by atoms with van der Waals surface area (Å²) in [4.78, 5) is 19.2. The van der Waals surface area contributed by atoms with Crippen LogP contribution in [-0.2, 0) is 4.74 Å². The predicted octanol–water partition coefficient (Wildman–Crippen LogP) is 3.96. The van der Waals surface area contributed by atoms with Crippen molar-refractivity contribution in [3.05, 3.63) is 78.6 Å². The van der Waals surface area contributed by atoms with Crippen molar-refractivity contribution in [3.63, 3.8) is 0 Å². The van der Waals surface area contributed by atoms with Crippen molar-refractivity contribution in [1.82, 2.24) is 4.98 Å². The van der Waals surface area contributed by atoms with Gasteiger partial charge in [-0.2, -0.15) is 0 Å². The molecule has 28 heavy (non-hydrogen) atoms. The third-order valence-electron chi connectivity index (χ3n) is 4.47. The Morgan fingerprint density at radius 3 is 2.57 bits per heavy atom. The van der Waals surface area contributed by atoms with E-state index in [1.54, 1.807) is 12.4 Å². The summed E-state index contributed by atoms with van der Waals surface area (Å²) in [7, 11) is 0. The van der Waals surface area contributed by atoms with Gasteiger partial charge in [0.2, 0.25) is 0 Å². The molecule has 0 atom stereocenters. The van der Waals surface area contributed by atoms with Crippen LogP contribution in [0, 0.1) is 0 Å². The first-order chi connectivity index (χ1) is 13.8. The lowest BCUT2D eigenvalue weighted by Gasteiger charge is -2.28. The minimum absolute atomic E-state index is 0.230. The van der Waals surface area contributed by atoms with Crippen LogP contribution in [0.1, 0.15) is 10.4 Å². The minimum Gasteiger partial charge on any atom is -0.455 e. The fourth-order valence-corrected chi connectivity index (χ4v) is 3.02. The molecule has 0 bridgehead atoms. The topological polar surface area (TPSA) is 63.7 Å². The smallest absolute Gasteiger partial charge is 0.257 e. The van der Waals surface area contributed by atoms with Crippen LogP contribution in [0.25, 0.3) is 0 Å². The first-order valence-corrected chi connectivity index (χ1v) is 9.20. The standard InChI is InChI=1S/C22H21N3O3/c26-22(17-14-18(16-23-15-17)25-10-12-27-13-11-25)24-20-8-4-5-9-21(20)28-19-6-2-1-3-7-19/h1-9,14-16H,10-13H2,(H,24,26). The maximum absolute atomic E-state index is 12.8. The third kappa shape index (κ3) is 4.29. The van der Waals surface area contributed by atoms with Gasteiger partial charge < -0.3 is 19.7 Å². The number of benzene rings is 2. The lowest BCUT2D eigenvalue weighted by Crippen LogP contribution is -2.36. The number of anilines is 2. The fourth-order valence-electron chi connectivity index (χ4n) is 3.02. The average molecular weight is 375 g/mol. The van der Waals surface area contributed by atoms with Crippen molar-refractivity contribution in [1.29, 1.82) is 0 Å². The number of aromatic nitrogens is 1. The number of hydrogen-bond donors (Lipinski definition) is 1. The molecule has 2 aromatic carbocycles. The SMILES string of the molecule is O=C(Nc1ccccc1Oc1ccccc1)c1cncc(N2CCOCC2)c1. The molecule has 142 valence electrons. The van der Waals surface area contributed by atoms with Crippen LogP contribution in [0.2, 0.25) is 0 Å². The van der Waals surface area contributed by atoms with E-state index in [4.69, 9.17) is 9.47 Å². The monoisotopic (exact) mass is 375 g/mol. The molecular formula is C22H21N3O3. The molecule has 1 aromatic heterocycles. The number of carbonyl (C=O) groups excluding carboxylic acids is 1. The summed E-state index contributed by atoms with van der Waals surface area (Å²) >= 11 is 0. The molecule has 6 nitrogen and oxygen atoms in total. The van der Waals surface area contributed by atoms with E-state index in [0.29, 0.717) is 36.0 Å². The van der Waals surface area contributed by atoms with Gasteiger partial charge in [-0.1, -0.05) is 30.3 Å². The summed E-state index contributed by atoms with van der Waals surface area (Å²) < 4.78 is 11.3. The Morgan fingerprint density at radius 1 is 1.00 bits per heavy atom. The van der Waals surface area contributed by atoms with Crippen LogP contribution in [0.3, 0.4) is 0 Å². The molecule has 1 fully saturated rings. The van der Waals surface area contributed by atoms with Crippen molar-refractivity contribution in [3.8, 4) is 11.5 Å². The second-order valence-electron chi connectivity index (χ2n) is 6.40. The van der Waals surface area contributed by atoms with Gasteiger partial charge in [0, 0.05) is 19.3 Å². The fraction of sp³-hybridized carbons (Fsp3) is 0.182. The van der Waals surface area contributed by atoms with E-state index in [-0.39, 0.29) is 5.91 Å². The van der Waals surface area contributed by atoms with E-state index in [0.717, 1.165) is 18.8 Å². The lowest BCUT2D eigenvalue weighted by atomic mass is 10.2. The Balaban J connectivity index is 1.51. The highest BCUT2D eigenvalue weighted by atomic mass is 16.5. The summed E-state index contributed by atoms with van der Waals surface area (Å²) in [6, 6.07) is 18.7. The van der Waals surface area contributed by atoms with E-state index >= 15 is 0 Å². The van der Waals surface area contributed by atoms with E-state index in [1.165, 1.54) is 0 Å². The average Bonchev–Trinajstić information content (AvgIpc) is 2.76. The van der Waals surface area contributed by atoms with Crippen molar-refractivity contribution in [2.45, 2.75) is 0 Å². The number of nitrogens with zero attached hydrogens (tertiary/aromatic N) is 2. The number of amides is 1. The highest BCUT2D eigenvalue weighted by Crippen LogP contribution is 2.29. The highest BCUT2D eigenvalue weighted by Gasteiger charge is 2.15. The van der Waals surface area contributed by atoms with Crippen LogP contribution in [0.4, 0.5) is 11.4 Å². The third-order valence-corrected chi connectivity index (χ3v) is 4.47. The van der Waals surface area contributed by atoms with Crippen LogP contribution < -0.4 is 15.0 Å². The molecule has 0 spiro atoms. The Morgan fingerprint density at radius 2 is 1.75 bits per heavy atom. The number of nitrogens with one attached hydrogen (secondary N) is 1. The molecule has 0 aliphatic carbocycles. The van der Waals surface area contributed by atoms with E-state index in [9.17, 15) is 4.79 Å². The summed E-state index contributed by atoms with van der Waals surface area (Å²) in [5.41, 5.74) is 2.02. The molecule has 1 N–H and O–H groups in total. The first kappa shape index (κ1) is 18.0. The van der Waals surface area contributed by atoms with Crippen LogP contribution >= 0.6 is 0 Å². The molecule has 0 unspecified atom stereocenters. The van der Waals surface area contributed by atoms with Gasteiger partial charge in [-0.25, -0.2) is 0 Å². The van der Waals surface area contributed by atoms with E-state index < -0.39 is 0 Å². The molecule has 3 aromatic rings. The molecular weight excluding hydrogens is 354 g/mol. The Labute approximate surface area is 163 Å². The molecule has 0 saturated carbocycles. The molecule has 1 aliphatic heterocycles. The zero-order valence-electron chi connectivity index (χ0n) is 15.4. The minimum atomic E-state index is -0.230. The molecule has 1 saturated heterocycles. The zero-order valence-corrected chi connectivity index (χ0v) is 15.4. The Bertz CT molecular complexity index is 941. The Hall–Kier alpha value is -3.38. The molecule has 1 aliphatic rings.